The van der Waals surface area contributed by atoms with Gasteiger partial charge in [-0.1, -0.05) is 18.6 Å². The van der Waals surface area contributed by atoms with E-state index in [0.29, 0.717) is 11.7 Å². The van der Waals surface area contributed by atoms with Crippen molar-refractivity contribution in [3.05, 3.63) is 41.3 Å². The minimum Gasteiger partial charge on any atom is -0.500 e. The van der Waals surface area contributed by atoms with Gasteiger partial charge in [-0.3, -0.25) is 0 Å². The number of benzene rings is 1. The Labute approximate surface area is 112 Å². The number of rotatable bonds is 5. The molecule has 0 heterocycles. The highest BCUT2D eigenvalue weighted by Crippen LogP contribution is 2.38. The van der Waals surface area contributed by atoms with E-state index >= 15 is 0 Å². The number of hydrogen-bond donors (Lipinski definition) is 1. The summed E-state index contributed by atoms with van der Waals surface area (Å²) in [5.74, 6) is -0.190. The van der Waals surface area contributed by atoms with Crippen LogP contribution < -0.4 is 4.74 Å². The van der Waals surface area contributed by atoms with Crippen LogP contribution in [-0.4, -0.2) is 18.2 Å². The molecular formula is C15H18O4. The number of aliphatic carboxylic acids is 1. The van der Waals surface area contributed by atoms with Crippen LogP contribution in [0.1, 0.15) is 36.3 Å². The highest BCUT2D eigenvalue weighted by Gasteiger charge is 2.21. The Morgan fingerprint density at radius 3 is 2.68 bits per heavy atom. The molecule has 1 aromatic rings. The van der Waals surface area contributed by atoms with E-state index in [1.807, 2.05) is 19.1 Å². The average Bonchev–Trinajstić information content (AvgIpc) is 2.30. The number of carboxylic acid groups (broad SMARTS) is 1. The van der Waals surface area contributed by atoms with Gasteiger partial charge in [-0.05, 0) is 42.9 Å². The summed E-state index contributed by atoms with van der Waals surface area (Å²) in [5.41, 5.74) is 2.13. The lowest BCUT2D eigenvalue weighted by molar-refractivity contribution is -0.135. The lowest BCUT2D eigenvalue weighted by Gasteiger charge is -2.26. The average molecular weight is 262 g/mol. The van der Waals surface area contributed by atoms with Crippen molar-refractivity contribution in [3.8, 4) is 5.75 Å². The molecule has 0 amide bonds. The molecule has 2 rings (SSSR count). The minimum absolute atomic E-state index is 0.212. The predicted octanol–water partition coefficient (Wildman–Crippen LogP) is 3.21. The van der Waals surface area contributed by atoms with Crippen LogP contribution in [0, 0.1) is 6.92 Å². The molecule has 102 valence electrons. The van der Waals surface area contributed by atoms with Gasteiger partial charge in [-0.25, -0.2) is 4.79 Å². The summed E-state index contributed by atoms with van der Waals surface area (Å²) >= 11 is 0. The van der Waals surface area contributed by atoms with Crippen LogP contribution >= 0.6 is 0 Å². The van der Waals surface area contributed by atoms with Gasteiger partial charge >= 0.3 is 5.97 Å². The standard InChI is InChI=1S/C15H18O4/c1-10-6-7-12(11-4-3-5-11)8-13(10)19-14(9-18-2)15(16)17/h6-9,11H,3-5H2,1-2H3,(H,16,17). The first kappa shape index (κ1) is 13.5. The van der Waals surface area contributed by atoms with Crippen LogP contribution in [0.3, 0.4) is 0 Å². The maximum Gasteiger partial charge on any atom is 0.375 e. The van der Waals surface area contributed by atoms with E-state index in [1.165, 1.54) is 31.9 Å². The van der Waals surface area contributed by atoms with Crippen molar-refractivity contribution in [2.45, 2.75) is 32.1 Å². The third kappa shape index (κ3) is 3.08. The van der Waals surface area contributed by atoms with Crippen LogP contribution in [0.4, 0.5) is 0 Å². The second-order valence-electron chi connectivity index (χ2n) is 4.78. The molecule has 4 nitrogen and oxygen atoms in total. The van der Waals surface area contributed by atoms with Crippen molar-refractivity contribution in [1.82, 2.24) is 0 Å². The van der Waals surface area contributed by atoms with Crippen LogP contribution in [0.15, 0.2) is 30.2 Å². The molecule has 0 aliphatic heterocycles. The lowest BCUT2D eigenvalue weighted by atomic mass is 9.80. The molecule has 1 N–H and O–H groups in total. The monoisotopic (exact) mass is 262 g/mol. The van der Waals surface area contributed by atoms with Gasteiger partial charge in [0.2, 0.25) is 5.76 Å². The molecular weight excluding hydrogens is 244 g/mol. The van der Waals surface area contributed by atoms with Gasteiger partial charge in [0.15, 0.2) is 0 Å². The van der Waals surface area contributed by atoms with Crippen molar-refractivity contribution >= 4 is 5.97 Å². The van der Waals surface area contributed by atoms with Crippen LogP contribution in [-0.2, 0) is 9.53 Å². The number of hydrogen-bond acceptors (Lipinski definition) is 3. The molecule has 0 unspecified atom stereocenters. The molecule has 1 saturated carbocycles. The highest BCUT2D eigenvalue weighted by atomic mass is 16.5. The van der Waals surface area contributed by atoms with Gasteiger partial charge in [0.25, 0.3) is 0 Å². The topological polar surface area (TPSA) is 55.8 Å². The highest BCUT2D eigenvalue weighted by molar-refractivity contribution is 5.84. The van der Waals surface area contributed by atoms with Crippen LogP contribution in [0.5, 0.6) is 5.75 Å². The molecule has 1 aliphatic rings. The molecule has 19 heavy (non-hydrogen) atoms. The summed E-state index contributed by atoms with van der Waals surface area (Å²) < 4.78 is 10.2. The summed E-state index contributed by atoms with van der Waals surface area (Å²) in [6, 6.07) is 5.99. The second-order valence-corrected chi connectivity index (χ2v) is 4.78. The van der Waals surface area contributed by atoms with Gasteiger partial charge < -0.3 is 14.6 Å². The Morgan fingerprint density at radius 1 is 1.42 bits per heavy atom. The molecule has 0 radical (unpaired) electrons. The molecule has 1 aliphatic carbocycles. The SMILES string of the molecule is COC=C(Oc1cc(C2CCC2)ccc1C)C(=O)O. The largest absolute Gasteiger partial charge is 0.500 e. The Balaban J connectivity index is 2.22. The summed E-state index contributed by atoms with van der Waals surface area (Å²) in [5, 5.41) is 9.02. The third-order valence-corrected chi connectivity index (χ3v) is 3.44. The number of aryl methyl sites for hydroxylation is 1. The quantitative estimate of drug-likeness (QED) is 0.654. The Kier molecular flexibility index (Phi) is 4.10. The molecule has 0 aromatic heterocycles. The first-order chi connectivity index (χ1) is 9.11. The van der Waals surface area contributed by atoms with E-state index in [1.54, 1.807) is 0 Å². The second kappa shape index (κ2) is 5.78. The molecule has 4 heteroatoms. The summed E-state index contributed by atoms with van der Waals surface area (Å²) in [4.78, 5) is 11.0. The summed E-state index contributed by atoms with van der Waals surface area (Å²) in [6.07, 6.45) is 4.75. The van der Waals surface area contributed by atoms with E-state index in [9.17, 15) is 4.79 Å². The van der Waals surface area contributed by atoms with E-state index < -0.39 is 5.97 Å². The number of ether oxygens (including phenoxy) is 2. The van der Waals surface area contributed by atoms with E-state index in [4.69, 9.17) is 14.6 Å². The molecule has 1 fully saturated rings. The fourth-order valence-corrected chi connectivity index (χ4v) is 2.07. The van der Waals surface area contributed by atoms with Gasteiger partial charge in [0.1, 0.15) is 12.0 Å². The number of methoxy groups -OCH3 is 1. The zero-order valence-electron chi connectivity index (χ0n) is 11.2. The Morgan fingerprint density at radius 2 is 2.16 bits per heavy atom. The lowest BCUT2D eigenvalue weighted by Crippen LogP contribution is -2.11. The first-order valence-corrected chi connectivity index (χ1v) is 6.36. The molecule has 0 bridgehead atoms. The maximum atomic E-state index is 11.0. The van der Waals surface area contributed by atoms with Gasteiger partial charge in [0, 0.05) is 0 Å². The molecule has 0 saturated heterocycles. The van der Waals surface area contributed by atoms with Gasteiger partial charge in [-0.2, -0.15) is 0 Å². The van der Waals surface area contributed by atoms with Crippen LogP contribution in [0.25, 0.3) is 0 Å². The number of carbonyl (C=O) groups is 1. The normalized spacial score (nSPS) is 15.8. The smallest absolute Gasteiger partial charge is 0.375 e. The summed E-state index contributed by atoms with van der Waals surface area (Å²) in [6.45, 7) is 1.89. The van der Waals surface area contributed by atoms with Crippen LogP contribution in [0.2, 0.25) is 0 Å². The van der Waals surface area contributed by atoms with Gasteiger partial charge in [0.05, 0.1) is 7.11 Å². The minimum atomic E-state index is -1.14. The Hall–Kier alpha value is -1.97. The van der Waals surface area contributed by atoms with Crippen molar-refractivity contribution in [3.63, 3.8) is 0 Å². The maximum absolute atomic E-state index is 11.0. The predicted molar refractivity (Wildman–Crippen MR) is 71.1 cm³/mol. The third-order valence-electron chi connectivity index (χ3n) is 3.44. The Bertz CT molecular complexity index is 501. The van der Waals surface area contributed by atoms with E-state index in [0.717, 1.165) is 11.8 Å². The molecule has 0 spiro atoms. The fraction of sp³-hybridized carbons (Fsp3) is 0.400. The van der Waals surface area contributed by atoms with Crippen molar-refractivity contribution < 1.29 is 19.4 Å². The zero-order valence-corrected chi connectivity index (χ0v) is 11.2. The number of carboxylic acids is 1. The van der Waals surface area contributed by atoms with Crippen molar-refractivity contribution in [1.29, 1.82) is 0 Å². The van der Waals surface area contributed by atoms with E-state index in [-0.39, 0.29) is 5.76 Å². The molecule has 0 atom stereocenters. The van der Waals surface area contributed by atoms with Crippen molar-refractivity contribution in [2.75, 3.05) is 7.11 Å². The summed E-state index contributed by atoms with van der Waals surface area (Å²) in [7, 11) is 1.39. The van der Waals surface area contributed by atoms with Crippen molar-refractivity contribution in [2.24, 2.45) is 0 Å². The van der Waals surface area contributed by atoms with E-state index in [2.05, 4.69) is 6.07 Å². The van der Waals surface area contributed by atoms with Gasteiger partial charge in [-0.15, -0.1) is 0 Å². The zero-order chi connectivity index (χ0) is 13.8. The fourth-order valence-electron chi connectivity index (χ4n) is 2.07. The molecule has 1 aromatic carbocycles. The first-order valence-electron chi connectivity index (χ1n) is 6.36.